The van der Waals surface area contributed by atoms with Crippen LogP contribution in [-0.4, -0.2) is 50.7 Å². The van der Waals surface area contributed by atoms with Gasteiger partial charge in [-0.3, -0.25) is 14.4 Å². The Morgan fingerprint density at radius 2 is 1.89 bits per heavy atom. The van der Waals surface area contributed by atoms with Gasteiger partial charge in [-0.15, -0.1) is 8.78 Å². The van der Waals surface area contributed by atoms with Gasteiger partial charge in [0.05, 0.1) is 23.5 Å². The summed E-state index contributed by atoms with van der Waals surface area (Å²) in [6, 6.07) is 8.90. The predicted octanol–water partition coefficient (Wildman–Crippen LogP) is 4.02. The number of hydrogen-bond donors (Lipinski definition) is 0. The van der Waals surface area contributed by atoms with Gasteiger partial charge in [-0.1, -0.05) is 19.9 Å². The first-order valence-corrected chi connectivity index (χ1v) is 12.5. The molecule has 2 aliphatic heterocycles. The van der Waals surface area contributed by atoms with Crippen LogP contribution in [0.2, 0.25) is 0 Å². The summed E-state index contributed by atoms with van der Waals surface area (Å²) < 4.78 is 39.4. The number of nitrogens with zero attached hydrogens (tertiary/aromatic N) is 6. The van der Waals surface area contributed by atoms with E-state index in [4.69, 9.17) is 5.26 Å². The molecule has 37 heavy (non-hydrogen) atoms. The largest absolute Gasteiger partial charge is 0.586 e. The van der Waals surface area contributed by atoms with E-state index in [0.29, 0.717) is 17.6 Å². The summed E-state index contributed by atoms with van der Waals surface area (Å²) in [6.45, 7) is 7.80. The number of hydrogen-bond acceptors (Lipinski definition) is 7. The Hall–Kier alpha value is -3.65. The Bertz CT molecular complexity index is 1430. The Labute approximate surface area is 213 Å². The molecule has 3 aromatic rings. The van der Waals surface area contributed by atoms with Crippen LogP contribution in [0.3, 0.4) is 0 Å². The number of alkyl halides is 2. The minimum absolute atomic E-state index is 0.0368. The smallest absolute Gasteiger partial charge is 0.395 e. The standard InChI is InChI=1S/C26H30F2N6O3/c1-5-18-14-34(20-12-24(35)31(4)21-15-32(10-9-29)30-25(20)21)19(6-2)13-33(18)16(3)17-7-8-22-23(11-17)37-26(27,28)36-22/h7-8,11-12,15-16,18-19H,5-6,10,13-14H2,1-4H3/t16?,18-,19+/m1/s1. The minimum Gasteiger partial charge on any atom is -0.395 e. The molecular weight excluding hydrogens is 482 g/mol. The summed E-state index contributed by atoms with van der Waals surface area (Å²) >= 11 is 0. The Kier molecular flexibility index (Phi) is 6.31. The number of benzene rings is 1. The van der Waals surface area contributed by atoms with E-state index in [0.717, 1.165) is 30.6 Å². The van der Waals surface area contributed by atoms with Crippen molar-refractivity contribution in [3.8, 4) is 17.6 Å². The van der Waals surface area contributed by atoms with Crippen molar-refractivity contribution < 1.29 is 18.3 Å². The molecule has 0 bridgehead atoms. The molecule has 11 heteroatoms. The maximum absolute atomic E-state index is 13.5. The molecule has 3 atom stereocenters. The molecule has 4 heterocycles. The van der Waals surface area contributed by atoms with E-state index >= 15 is 0 Å². The third-order valence-corrected chi connectivity index (χ3v) is 7.57. The van der Waals surface area contributed by atoms with Gasteiger partial charge in [0.1, 0.15) is 12.1 Å². The highest BCUT2D eigenvalue weighted by molar-refractivity contribution is 5.88. The Balaban J connectivity index is 1.47. The summed E-state index contributed by atoms with van der Waals surface area (Å²) in [5.74, 6) is 0.0818. The Morgan fingerprint density at radius 3 is 2.59 bits per heavy atom. The molecule has 0 spiro atoms. The van der Waals surface area contributed by atoms with Gasteiger partial charge in [-0.05, 0) is 37.5 Å². The fraction of sp³-hybridized carbons (Fsp3) is 0.500. The van der Waals surface area contributed by atoms with Crippen LogP contribution in [0.4, 0.5) is 14.5 Å². The summed E-state index contributed by atoms with van der Waals surface area (Å²) in [7, 11) is 1.71. The molecule has 2 aliphatic rings. The van der Waals surface area contributed by atoms with Gasteiger partial charge in [0.25, 0.3) is 5.56 Å². The minimum atomic E-state index is -3.65. The van der Waals surface area contributed by atoms with Gasteiger partial charge in [-0.2, -0.15) is 10.4 Å². The van der Waals surface area contributed by atoms with Crippen molar-refractivity contribution in [3.05, 3.63) is 46.4 Å². The van der Waals surface area contributed by atoms with Crippen LogP contribution in [0.1, 0.15) is 45.2 Å². The molecule has 0 amide bonds. The third-order valence-electron chi connectivity index (χ3n) is 7.57. The van der Waals surface area contributed by atoms with E-state index in [1.807, 2.05) is 0 Å². The number of nitriles is 1. The zero-order chi connectivity index (χ0) is 26.5. The van der Waals surface area contributed by atoms with Crippen LogP contribution in [-0.2, 0) is 13.6 Å². The number of piperazine rings is 1. The molecule has 1 fully saturated rings. The second kappa shape index (κ2) is 9.34. The monoisotopic (exact) mass is 512 g/mol. The van der Waals surface area contributed by atoms with E-state index in [9.17, 15) is 13.6 Å². The zero-order valence-corrected chi connectivity index (χ0v) is 21.3. The molecule has 2 aromatic heterocycles. The number of aromatic nitrogens is 3. The molecule has 0 saturated carbocycles. The van der Waals surface area contributed by atoms with Crippen molar-refractivity contribution in [2.45, 2.75) is 64.6 Å². The van der Waals surface area contributed by atoms with E-state index in [1.165, 1.54) is 6.07 Å². The fourth-order valence-electron chi connectivity index (χ4n) is 5.48. The normalized spacial score (nSPS) is 21.8. The van der Waals surface area contributed by atoms with E-state index < -0.39 is 6.29 Å². The lowest BCUT2D eigenvalue weighted by atomic mass is 9.96. The summed E-state index contributed by atoms with van der Waals surface area (Å²) in [5, 5.41) is 13.8. The number of halogens is 2. The fourth-order valence-corrected chi connectivity index (χ4v) is 5.48. The zero-order valence-electron chi connectivity index (χ0n) is 21.3. The van der Waals surface area contributed by atoms with E-state index in [1.54, 1.807) is 40.7 Å². The van der Waals surface area contributed by atoms with E-state index in [-0.39, 0.29) is 41.7 Å². The van der Waals surface area contributed by atoms with Crippen molar-refractivity contribution in [1.29, 1.82) is 5.26 Å². The SMILES string of the molecule is CC[C@H]1CN(C(C)c2ccc3c(c2)OC(F)(F)O3)[C@H](CC)CN1c1cc(=O)n(C)c2cn(CC#N)nc12. The molecule has 1 saturated heterocycles. The highest BCUT2D eigenvalue weighted by Crippen LogP contribution is 2.43. The van der Waals surface area contributed by atoms with Crippen molar-refractivity contribution in [2.24, 2.45) is 7.05 Å². The lowest BCUT2D eigenvalue weighted by molar-refractivity contribution is -0.286. The highest BCUT2D eigenvalue weighted by Gasteiger charge is 2.44. The second-order valence-corrected chi connectivity index (χ2v) is 9.67. The predicted molar refractivity (Wildman–Crippen MR) is 134 cm³/mol. The topological polar surface area (TPSA) is 88.5 Å². The maximum atomic E-state index is 13.5. The van der Waals surface area contributed by atoms with Crippen LogP contribution in [0.5, 0.6) is 11.5 Å². The quantitative estimate of drug-likeness (QED) is 0.493. The highest BCUT2D eigenvalue weighted by atomic mass is 19.3. The molecule has 0 radical (unpaired) electrons. The average Bonchev–Trinajstić information content (AvgIpc) is 3.44. The molecule has 1 unspecified atom stereocenters. The van der Waals surface area contributed by atoms with Gasteiger partial charge in [0.15, 0.2) is 11.5 Å². The lowest BCUT2D eigenvalue weighted by Crippen LogP contribution is -2.58. The van der Waals surface area contributed by atoms with Crippen LogP contribution in [0, 0.1) is 11.3 Å². The van der Waals surface area contributed by atoms with Crippen LogP contribution >= 0.6 is 0 Å². The maximum Gasteiger partial charge on any atom is 0.586 e. The van der Waals surface area contributed by atoms with Crippen LogP contribution < -0.4 is 19.9 Å². The lowest BCUT2D eigenvalue weighted by Gasteiger charge is -2.49. The number of ether oxygens (including phenoxy) is 2. The number of aryl methyl sites for hydroxylation is 1. The average molecular weight is 513 g/mol. The first-order chi connectivity index (χ1) is 17.7. The van der Waals surface area contributed by atoms with Crippen molar-refractivity contribution >= 4 is 16.7 Å². The molecule has 1 aromatic carbocycles. The summed E-state index contributed by atoms with van der Waals surface area (Å²) in [6.07, 6.45) is -0.212. The second-order valence-electron chi connectivity index (χ2n) is 9.67. The van der Waals surface area contributed by atoms with Gasteiger partial charge in [0.2, 0.25) is 0 Å². The summed E-state index contributed by atoms with van der Waals surface area (Å²) in [4.78, 5) is 17.5. The van der Waals surface area contributed by atoms with Gasteiger partial charge < -0.3 is 18.9 Å². The van der Waals surface area contributed by atoms with Gasteiger partial charge >= 0.3 is 6.29 Å². The molecule has 5 rings (SSSR count). The van der Waals surface area contributed by atoms with E-state index in [2.05, 4.69) is 51.2 Å². The van der Waals surface area contributed by atoms with Crippen LogP contribution in [0.15, 0.2) is 35.3 Å². The number of pyridine rings is 1. The molecule has 0 aliphatic carbocycles. The number of fused-ring (bicyclic) bond motifs is 2. The van der Waals surface area contributed by atoms with Crippen molar-refractivity contribution in [3.63, 3.8) is 0 Å². The van der Waals surface area contributed by atoms with Gasteiger partial charge in [-0.25, -0.2) is 0 Å². The van der Waals surface area contributed by atoms with Gasteiger partial charge in [0, 0.05) is 44.3 Å². The molecule has 9 nitrogen and oxygen atoms in total. The third kappa shape index (κ3) is 4.39. The summed E-state index contributed by atoms with van der Waals surface area (Å²) in [5.41, 5.74) is 2.90. The number of anilines is 1. The number of rotatable bonds is 6. The first-order valence-electron chi connectivity index (χ1n) is 12.5. The van der Waals surface area contributed by atoms with Crippen molar-refractivity contribution in [2.75, 3.05) is 18.0 Å². The molecular formula is C26H30F2N6O3. The molecule has 196 valence electrons. The molecule has 0 N–H and O–H groups in total. The van der Waals surface area contributed by atoms with Crippen molar-refractivity contribution in [1.82, 2.24) is 19.2 Å². The first kappa shape index (κ1) is 25.0. The van der Waals surface area contributed by atoms with Crippen LogP contribution in [0.25, 0.3) is 11.0 Å². The Morgan fingerprint density at radius 1 is 1.16 bits per heavy atom.